The molecule has 5 nitrogen and oxygen atoms in total. The molecule has 0 radical (unpaired) electrons. The Morgan fingerprint density at radius 3 is 2.29 bits per heavy atom. The summed E-state index contributed by atoms with van der Waals surface area (Å²) in [6.45, 7) is 2.56. The van der Waals surface area contributed by atoms with Crippen LogP contribution in [0.25, 0.3) is 6.08 Å². The van der Waals surface area contributed by atoms with Crippen molar-refractivity contribution in [3.63, 3.8) is 0 Å². The van der Waals surface area contributed by atoms with Crippen LogP contribution >= 0.6 is 0 Å². The van der Waals surface area contributed by atoms with Gasteiger partial charge in [0.2, 0.25) is 0 Å². The quantitative estimate of drug-likeness (QED) is 0.483. The number of ether oxygens (including phenoxy) is 2. The van der Waals surface area contributed by atoms with Gasteiger partial charge in [-0.25, -0.2) is 5.43 Å². The second-order valence-electron chi connectivity index (χ2n) is 4.84. The zero-order chi connectivity index (χ0) is 17.2. The molecule has 0 atom stereocenters. The monoisotopic (exact) mass is 324 g/mol. The lowest BCUT2D eigenvalue weighted by molar-refractivity contribution is -0.116. The van der Waals surface area contributed by atoms with Crippen LogP contribution < -0.4 is 14.9 Å². The number of hydrogen-bond acceptors (Lipinski definition) is 4. The SMILES string of the molecule is CCOc1ccc(/C=N\NC(=O)/C=C/c2ccc(OC)cc2)cc1. The van der Waals surface area contributed by atoms with E-state index in [-0.39, 0.29) is 5.91 Å². The number of hydrogen-bond donors (Lipinski definition) is 1. The van der Waals surface area contributed by atoms with Gasteiger partial charge < -0.3 is 9.47 Å². The van der Waals surface area contributed by atoms with E-state index in [0.717, 1.165) is 22.6 Å². The fraction of sp³-hybridized carbons (Fsp3) is 0.158. The molecule has 0 fully saturated rings. The van der Waals surface area contributed by atoms with Crippen molar-refractivity contribution < 1.29 is 14.3 Å². The Morgan fingerprint density at radius 2 is 1.67 bits per heavy atom. The molecule has 2 aromatic rings. The first-order valence-corrected chi connectivity index (χ1v) is 7.59. The highest BCUT2D eigenvalue weighted by atomic mass is 16.5. The average molecular weight is 324 g/mol. The van der Waals surface area contributed by atoms with E-state index in [4.69, 9.17) is 9.47 Å². The Labute approximate surface area is 141 Å². The summed E-state index contributed by atoms with van der Waals surface area (Å²) < 4.78 is 10.4. The number of rotatable bonds is 7. The fourth-order valence-electron chi connectivity index (χ4n) is 1.91. The minimum Gasteiger partial charge on any atom is -0.497 e. The maximum absolute atomic E-state index is 11.7. The predicted molar refractivity (Wildman–Crippen MR) is 95.4 cm³/mol. The van der Waals surface area contributed by atoms with E-state index in [1.165, 1.54) is 6.08 Å². The minimum atomic E-state index is -0.298. The third kappa shape index (κ3) is 5.61. The number of hydrazone groups is 1. The Bertz CT molecular complexity index is 704. The number of amides is 1. The van der Waals surface area contributed by atoms with Gasteiger partial charge in [0, 0.05) is 6.08 Å². The number of benzene rings is 2. The first-order chi connectivity index (χ1) is 11.7. The Kier molecular flexibility index (Phi) is 6.58. The molecule has 24 heavy (non-hydrogen) atoms. The highest BCUT2D eigenvalue weighted by Gasteiger charge is 1.95. The normalized spacial score (nSPS) is 10.9. The summed E-state index contributed by atoms with van der Waals surface area (Å²) in [4.78, 5) is 11.7. The van der Waals surface area contributed by atoms with Gasteiger partial charge >= 0.3 is 0 Å². The van der Waals surface area contributed by atoms with Gasteiger partial charge in [0.05, 0.1) is 19.9 Å². The number of nitrogens with zero attached hydrogens (tertiary/aromatic N) is 1. The van der Waals surface area contributed by atoms with Gasteiger partial charge in [-0.3, -0.25) is 4.79 Å². The van der Waals surface area contributed by atoms with Crippen molar-refractivity contribution in [2.24, 2.45) is 5.10 Å². The zero-order valence-electron chi connectivity index (χ0n) is 13.7. The van der Waals surface area contributed by atoms with Crippen molar-refractivity contribution in [2.75, 3.05) is 13.7 Å². The number of carbonyl (C=O) groups excluding carboxylic acids is 1. The molecule has 1 amide bonds. The first-order valence-electron chi connectivity index (χ1n) is 7.59. The molecule has 0 aliphatic carbocycles. The third-order valence-corrected chi connectivity index (χ3v) is 3.12. The molecule has 0 saturated heterocycles. The van der Waals surface area contributed by atoms with Gasteiger partial charge in [-0.2, -0.15) is 5.10 Å². The van der Waals surface area contributed by atoms with E-state index in [9.17, 15) is 4.79 Å². The summed E-state index contributed by atoms with van der Waals surface area (Å²) in [5, 5.41) is 3.92. The lowest BCUT2D eigenvalue weighted by Gasteiger charge is -2.02. The summed E-state index contributed by atoms with van der Waals surface area (Å²) in [5.41, 5.74) is 4.23. The van der Waals surface area contributed by atoms with Crippen LogP contribution in [-0.4, -0.2) is 25.8 Å². The van der Waals surface area contributed by atoms with Crippen molar-refractivity contribution in [1.29, 1.82) is 0 Å². The maximum Gasteiger partial charge on any atom is 0.264 e. The second kappa shape index (κ2) is 9.15. The summed E-state index contributed by atoms with van der Waals surface area (Å²) >= 11 is 0. The summed E-state index contributed by atoms with van der Waals surface area (Å²) in [5.74, 6) is 1.28. The van der Waals surface area contributed by atoms with Gasteiger partial charge in [-0.1, -0.05) is 12.1 Å². The average Bonchev–Trinajstić information content (AvgIpc) is 2.62. The molecule has 0 aliphatic rings. The van der Waals surface area contributed by atoms with Gasteiger partial charge in [-0.05, 0) is 60.5 Å². The molecule has 0 bridgehead atoms. The molecule has 0 heterocycles. The van der Waals surface area contributed by atoms with Crippen LogP contribution in [0.4, 0.5) is 0 Å². The Morgan fingerprint density at radius 1 is 1.04 bits per heavy atom. The van der Waals surface area contributed by atoms with Crippen molar-refractivity contribution >= 4 is 18.2 Å². The summed E-state index contributed by atoms with van der Waals surface area (Å²) in [6, 6.07) is 14.9. The summed E-state index contributed by atoms with van der Waals surface area (Å²) in [7, 11) is 1.61. The predicted octanol–water partition coefficient (Wildman–Crippen LogP) is 3.26. The van der Waals surface area contributed by atoms with Crippen molar-refractivity contribution in [2.45, 2.75) is 6.92 Å². The zero-order valence-corrected chi connectivity index (χ0v) is 13.7. The molecule has 2 aromatic carbocycles. The molecule has 0 spiro atoms. The van der Waals surface area contributed by atoms with Crippen molar-refractivity contribution in [1.82, 2.24) is 5.43 Å². The van der Waals surface area contributed by atoms with Gasteiger partial charge in [0.1, 0.15) is 11.5 Å². The van der Waals surface area contributed by atoms with Crippen molar-refractivity contribution in [3.8, 4) is 11.5 Å². The van der Waals surface area contributed by atoms with Crippen LogP contribution in [0.2, 0.25) is 0 Å². The second-order valence-corrected chi connectivity index (χ2v) is 4.84. The number of carbonyl (C=O) groups is 1. The Balaban J connectivity index is 1.84. The van der Waals surface area contributed by atoms with Crippen LogP contribution in [0.1, 0.15) is 18.1 Å². The highest BCUT2D eigenvalue weighted by molar-refractivity contribution is 5.92. The first kappa shape index (κ1) is 17.3. The third-order valence-electron chi connectivity index (χ3n) is 3.12. The standard InChI is InChI=1S/C19H20N2O3/c1-3-24-18-11-6-16(7-12-18)14-20-21-19(22)13-8-15-4-9-17(23-2)10-5-15/h4-14H,3H2,1-2H3,(H,21,22)/b13-8+,20-14-. The van der Waals surface area contributed by atoms with Crippen LogP contribution in [-0.2, 0) is 4.79 Å². The largest absolute Gasteiger partial charge is 0.497 e. The summed E-state index contributed by atoms with van der Waals surface area (Å²) in [6.07, 6.45) is 4.72. The topological polar surface area (TPSA) is 59.9 Å². The van der Waals surface area contributed by atoms with E-state index >= 15 is 0 Å². The maximum atomic E-state index is 11.7. The molecule has 0 saturated carbocycles. The Hall–Kier alpha value is -3.08. The highest BCUT2D eigenvalue weighted by Crippen LogP contribution is 2.12. The van der Waals surface area contributed by atoms with E-state index in [1.54, 1.807) is 19.4 Å². The van der Waals surface area contributed by atoms with Gasteiger partial charge in [0.25, 0.3) is 5.91 Å². The molecule has 0 unspecified atom stereocenters. The van der Waals surface area contributed by atoms with E-state index < -0.39 is 0 Å². The lowest BCUT2D eigenvalue weighted by atomic mass is 10.2. The van der Waals surface area contributed by atoms with E-state index in [2.05, 4.69) is 10.5 Å². The molecule has 2 rings (SSSR count). The smallest absolute Gasteiger partial charge is 0.264 e. The molecule has 0 aromatic heterocycles. The minimum absolute atomic E-state index is 0.298. The van der Waals surface area contributed by atoms with E-state index in [0.29, 0.717) is 6.61 Å². The van der Waals surface area contributed by atoms with Gasteiger partial charge in [0.15, 0.2) is 0 Å². The molecular formula is C19H20N2O3. The molecular weight excluding hydrogens is 304 g/mol. The fourth-order valence-corrected chi connectivity index (χ4v) is 1.91. The van der Waals surface area contributed by atoms with Gasteiger partial charge in [-0.15, -0.1) is 0 Å². The molecule has 1 N–H and O–H groups in total. The van der Waals surface area contributed by atoms with Crippen LogP contribution in [0, 0.1) is 0 Å². The number of nitrogens with one attached hydrogen (secondary N) is 1. The van der Waals surface area contributed by atoms with Crippen LogP contribution in [0.15, 0.2) is 59.7 Å². The molecule has 5 heteroatoms. The number of methoxy groups -OCH3 is 1. The van der Waals surface area contributed by atoms with E-state index in [1.807, 2.05) is 55.5 Å². The molecule has 0 aliphatic heterocycles. The van der Waals surface area contributed by atoms with Crippen LogP contribution in [0.5, 0.6) is 11.5 Å². The van der Waals surface area contributed by atoms with Crippen LogP contribution in [0.3, 0.4) is 0 Å². The van der Waals surface area contributed by atoms with Crippen molar-refractivity contribution in [3.05, 3.63) is 65.7 Å². The lowest BCUT2D eigenvalue weighted by Crippen LogP contribution is -2.14. The molecule has 124 valence electrons.